The number of ether oxygens (including phenoxy) is 1. The summed E-state index contributed by atoms with van der Waals surface area (Å²) in [6.07, 6.45) is 0.290. The second kappa shape index (κ2) is 7.43. The molecule has 4 nitrogen and oxygen atoms in total. The van der Waals surface area contributed by atoms with Crippen molar-refractivity contribution in [2.45, 2.75) is 20.3 Å². The maximum absolute atomic E-state index is 11.5. The summed E-state index contributed by atoms with van der Waals surface area (Å²) in [4.78, 5) is 17.1. The van der Waals surface area contributed by atoms with Gasteiger partial charge >= 0.3 is 0 Å². The van der Waals surface area contributed by atoms with Crippen LogP contribution in [0.25, 0.3) is 11.3 Å². The summed E-state index contributed by atoms with van der Waals surface area (Å²) < 4.78 is 5.42. The van der Waals surface area contributed by atoms with Crippen LogP contribution in [0.3, 0.4) is 0 Å². The summed E-state index contributed by atoms with van der Waals surface area (Å²) in [7, 11) is 0. The van der Waals surface area contributed by atoms with E-state index in [4.69, 9.17) is 16.3 Å². The fourth-order valence-corrected chi connectivity index (χ4v) is 2.88. The van der Waals surface area contributed by atoms with Crippen LogP contribution in [0.1, 0.15) is 18.2 Å². The third-order valence-corrected chi connectivity index (χ3v) is 3.88. The number of thiazole rings is 1. The van der Waals surface area contributed by atoms with Gasteiger partial charge in [-0.1, -0.05) is 0 Å². The Morgan fingerprint density at radius 2 is 2.10 bits per heavy atom. The Kier molecular flexibility index (Phi) is 5.59. The van der Waals surface area contributed by atoms with Gasteiger partial charge in [-0.25, -0.2) is 4.98 Å². The Morgan fingerprint density at radius 1 is 1.38 bits per heavy atom. The number of benzene rings is 1. The van der Waals surface area contributed by atoms with E-state index in [2.05, 4.69) is 10.3 Å². The van der Waals surface area contributed by atoms with Crippen molar-refractivity contribution < 1.29 is 9.53 Å². The fourth-order valence-electron chi connectivity index (χ4n) is 1.86. The molecule has 0 atom stereocenters. The van der Waals surface area contributed by atoms with Gasteiger partial charge in [-0.15, -0.1) is 22.9 Å². The number of alkyl halides is 1. The average Bonchev–Trinajstić information content (AvgIpc) is 2.81. The molecule has 1 N–H and O–H groups in total. The van der Waals surface area contributed by atoms with Crippen LogP contribution in [0.2, 0.25) is 0 Å². The molecule has 2 rings (SSSR count). The van der Waals surface area contributed by atoms with E-state index in [1.54, 1.807) is 0 Å². The highest BCUT2D eigenvalue weighted by molar-refractivity contribution is 7.16. The number of carbonyl (C=O) groups is 1. The van der Waals surface area contributed by atoms with Gasteiger partial charge in [0.05, 0.1) is 12.3 Å². The minimum atomic E-state index is -0.114. The van der Waals surface area contributed by atoms with E-state index in [0.717, 1.165) is 21.9 Å². The summed E-state index contributed by atoms with van der Waals surface area (Å²) in [6, 6.07) is 7.78. The molecule has 1 amide bonds. The van der Waals surface area contributed by atoms with E-state index in [9.17, 15) is 4.79 Å². The first-order valence-electron chi connectivity index (χ1n) is 6.70. The first-order chi connectivity index (χ1) is 10.1. The van der Waals surface area contributed by atoms with E-state index >= 15 is 0 Å². The third kappa shape index (κ3) is 4.19. The van der Waals surface area contributed by atoms with Crippen LogP contribution in [0, 0.1) is 6.92 Å². The predicted octanol–water partition coefficient (Wildman–Crippen LogP) is 4.08. The second-order valence-corrected chi connectivity index (χ2v) is 5.95. The van der Waals surface area contributed by atoms with E-state index in [1.807, 2.05) is 38.1 Å². The van der Waals surface area contributed by atoms with Gasteiger partial charge in [-0.3, -0.25) is 4.79 Å². The number of nitrogens with zero attached hydrogens (tertiary/aromatic N) is 1. The lowest BCUT2D eigenvalue weighted by Crippen LogP contribution is -2.11. The largest absolute Gasteiger partial charge is 0.494 e. The average molecular weight is 325 g/mol. The molecule has 6 heteroatoms. The van der Waals surface area contributed by atoms with Crippen LogP contribution in [-0.2, 0) is 4.79 Å². The lowest BCUT2D eigenvalue weighted by Gasteiger charge is -2.04. The lowest BCUT2D eigenvalue weighted by atomic mass is 10.1. The Bertz CT molecular complexity index is 611. The number of hydrogen-bond acceptors (Lipinski definition) is 4. The molecule has 0 radical (unpaired) electrons. The van der Waals surface area contributed by atoms with E-state index in [-0.39, 0.29) is 5.91 Å². The molecule has 1 aromatic carbocycles. The van der Waals surface area contributed by atoms with Gasteiger partial charge < -0.3 is 10.1 Å². The Balaban J connectivity index is 2.16. The van der Waals surface area contributed by atoms with Crippen LogP contribution in [0.5, 0.6) is 5.75 Å². The van der Waals surface area contributed by atoms with Crippen molar-refractivity contribution in [1.29, 1.82) is 0 Å². The van der Waals surface area contributed by atoms with Crippen molar-refractivity contribution in [3.8, 4) is 17.0 Å². The highest BCUT2D eigenvalue weighted by Crippen LogP contribution is 2.31. The second-order valence-electron chi connectivity index (χ2n) is 4.37. The van der Waals surface area contributed by atoms with Crippen molar-refractivity contribution in [1.82, 2.24) is 4.98 Å². The van der Waals surface area contributed by atoms with Gasteiger partial charge in [-0.05, 0) is 38.1 Å². The van der Waals surface area contributed by atoms with Crippen molar-refractivity contribution in [3.05, 3.63) is 29.1 Å². The number of hydrogen-bond donors (Lipinski definition) is 1. The normalized spacial score (nSPS) is 10.4. The zero-order valence-electron chi connectivity index (χ0n) is 12.0. The van der Waals surface area contributed by atoms with E-state index < -0.39 is 0 Å². The molecule has 21 heavy (non-hydrogen) atoms. The monoisotopic (exact) mass is 324 g/mol. The molecule has 0 bridgehead atoms. The fraction of sp³-hybridized carbons (Fsp3) is 0.333. The molecule has 0 aliphatic carbocycles. The van der Waals surface area contributed by atoms with E-state index in [0.29, 0.717) is 24.0 Å². The number of anilines is 1. The minimum absolute atomic E-state index is 0.114. The number of aromatic nitrogens is 1. The molecule has 0 unspecified atom stereocenters. The summed E-state index contributed by atoms with van der Waals surface area (Å²) in [5.74, 6) is 1.03. The maximum atomic E-state index is 11.5. The maximum Gasteiger partial charge on any atom is 0.227 e. The molecule has 0 spiro atoms. The summed E-state index contributed by atoms with van der Waals surface area (Å²) in [6.45, 7) is 4.58. The molecular weight excluding hydrogens is 308 g/mol. The first kappa shape index (κ1) is 15.8. The quantitative estimate of drug-likeness (QED) is 0.814. The van der Waals surface area contributed by atoms with Gasteiger partial charge in [0.2, 0.25) is 5.91 Å². The van der Waals surface area contributed by atoms with Gasteiger partial charge in [0.25, 0.3) is 0 Å². The third-order valence-electron chi connectivity index (χ3n) is 2.80. The van der Waals surface area contributed by atoms with Gasteiger partial charge in [0.1, 0.15) is 5.75 Å². The summed E-state index contributed by atoms with van der Waals surface area (Å²) >= 11 is 7.01. The van der Waals surface area contributed by atoms with Gasteiger partial charge in [0.15, 0.2) is 5.13 Å². The Morgan fingerprint density at radius 3 is 2.71 bits per heavy atom. The smallest absolute Gasteiger partial charge is 0.227 e. The molecule has 0 saturated carbocycles. The topological polar surface area (TPSA) is 51.2 Å². The molecule has 1 heterocycles. The summed E-state index contributed by atoms with van der Waals surface area (Å²) in [5.41, 5.74) is 1.88. The van der Waals surface area contributed by atoms with Gasteiger partial charge in [0, 0.05) is 22.7 Å². The van der Waals surface area contributed by atoms with Crippen LogP contribution >= 0.6 is 22.9 Å². The number of carbonyl (C=O) groups excluding carboxylic acids is 1. The van der Waals surface area contributed by atoms with Crippen molar-refractivity contribution in [2.24, 2.45) is 0 Å². The van der Waals surface area contributed by atoms with Crippen LogP contribution in [-0.4, -0.2) is 23.4 Å². The number of halogens is 1. The zero-order valence-corrected chi connectivity index (χ0v) is 13.6. The van der Waals surface area contributed by atoms with Crippen molar-refractivity contribution in [3.63, 3.8) is 0 Å². The Hall–Kier alpha value is -1.59. The molecule has 112 valence electrons. The minimum Gasteiger partial charge on any atom is -0.494 e. The SMILES string of the molecule is CCOc1ccc(-c2nc(NC(=O)CCCl)sc2C)cc1. The van der Waals surface area contributed by atoms with Crippen LogP contribution in [0.4, 0.5) is 5.13 Å². The number of amides is 1. The van der Waals surface area contributed by atoms with Crippen LogP contribution < -0.4 is 10.1 Å². The summed E-state index contributed by atoms with van der Waals surface area (Å²) in [5, 5.41) is 3.37. The highest BCUT2D eigenvalue weighted by Gasteiger charge is 2.12. The van der Waals surface area contributed by atoms with E-state index in [1.165, 1.54) is 11.3 Å². The zero-order chi connectivity index (χ0) is 15.2. The van der Waals surface area contributed by atoms with Crippen molar-refractivity contribution >= 4 is 34.0 Å². The number of nitrogens with one attached hydrogen (secondary N) is 1. The predicted molar refractivity (Wildman–Crippen MR) is 87.4 cm³/mol. The molecule has 1 aromatic heterocycles. The van der Waals surface area contributed by atoms with Crippen LogP contribution in [0.15, 0.2) is 24.3 Å². The number of aryl methyl sites for hydroxylation is 1. The Labute approximate surface area is 133 Å². The molecule has 0 aliphatic rings. The molecule has 0 saturated heterocycles. The highest BCUT2D eigenvalue weighted by atomic mass is 35.5. The first-order valence-corrected chi connectivity index (χ1v) is 8.05. The molecule has 0 aliphatic heterocycles. The molecular formula is C15H17ClN2O2S. The molecule has 2 aromatic rings. The van der Waals surface area contributed by atoms with Gasteiger partial charge in [-0.2, -0.15) is 0 Å². The molecule has 0 fully saturated rings. The van der Waals surface area contributed by atoms with Crippen molar-refractivity contribution in [2.75, 3.05) is 17.8 Å². The number of rotatable bonds is 6. The lowest BCUT2D eigenvalue weighted by molar-refractivity contribution is -0.115. The standard InChI is InChI=1S/C15H17ClN2O2S/c1-3-20-12-6-4-11(5-7-12)14-10(2)21-15(18-14)17-13(19)8-9-16/h4-7H,3,8-9H2,1-2H3,(H,17,18,19).